The van der Waals surface area contributed by atoms with E-state index in [1.165, 1.54) is 6.42 Å². The summed E-state index contributed by atoms with van der Waals surface area (Å²) >= 11 is 0. The number of aliphatic carboxylic acids is 1. The molecule has 0 bridgehead atoms. The predicted molar refractivity (Wildman–Crippen MR) is 46.1 cm³/mol. The van der Waals surface area contributed by atoms with Crippen LogP contribution in [0.1, 0.15) is 6.42 Å². The van der Waals surface area contributed by atoms with E-state index >= 15 is 0 Å². The molecular formula is C8H16N2O2. The van der Waals surface area contributed by atoms with E-state index in [9.17, 15) is 4.79 Å². The van der Waals surface area contributed by atoms with E-state index < -0.39 is 5.97 Å². The van der Waals surface area contributed by atoms with Gasteiger partial charge in [0.15, 0.2) is 0 Å². The van der Waals surface area contributed by atoms with Gasteiger partial charge in [-0.25, -0.2) is 0 Å². The lowest BCUT2D eigenvalue weighted by Gasteiger charge is -2.09. The molecule has 1 saturated heterocycles. The molecule has 1 aliphatic rings. The van der Waals surface area contributed by atoms with E-state index in [2.05, 4.69) is 17.3 Å². The molecule has 70 valence electrons. The van der Waals surface area contributed by atoms with Crippen LogP contribution < -0.4 is 5.32 Å². The molecule has 1 fully saturated rings. The Hall–Kier alpha value is -0.610. The third-order valence-electron chi connectivity index (χ3n) is 2.20. The summed E-state index contributed by atoms with van der Waals surface area (Å²) in [6, 6.07) is 0. The fourth-order valence-electron chi connectivity index (χ4n) is 1.58. The Kier molecular flexibility index (Phi) is 3.49. The van der Waals surface area contributed by atoms with Crippen molar-refractivity contribution < 1.29 is 9.90 Å². The predicted octanol–water partition coefficient (Wildman–Crippen LogP) is -0.388. The van der Waals surface area contributed by atoms with Gasteiger partial charge in [-0.3, -0.25) is 4.79 Å². The zero-order valence-electron chi connectivity index (χ0n) is 7.42. The normalized spacial score (nSPS) is 24.6. The minimum atomic E-state index is -0.777. The van der Waals surface area contributed by atoms with Crippen molar-refractivity contribution in [3.8, 4) is 0 Å². The van der Waals surface area contributed by atoms with Gasteiger partial charge in [0.2, 0.25) is 0 Å². The summed E-state index contributed by atoms with van der Waals surface area (Å²) in [4.78, 5) is 12.4. The van der Waals surface area contributed by atoms with E-state index in [0.29, 0.717) is 5.92 Å². The van der Waals surface area contributed by atoms with E-state index in [4.69, 9.17) is 5.11 Å². The maximum Gasteiger partial charge on any atom is 0.317 e. The monoisotopic (exact) mass is 172 g/mol. The average Bonchev–Trinajstić information content (AvgIpc) is 2.35. The van der Waals surface area contributed by atoms with Gasteiger partial charge in [0.05, 0.1) is 6.54 Å². The fraction of sp³-hybridized carbons (Fsp3) is 0.875. The molecule has 1 heterocycles. The van der Waals surface area contributed by atoms with Crippen LogP contribution in [0.5, 0.6) is 0 Å². The van der Waals surface area contributed by atoms with Gasteiger partial charge in [0, 0.05) is 6.54 Å². The van der Waals surface area contributed by atoms with Crippen LogP contribution in [0.4, 0.5) is 0 Å². The van der Waals surface area contributed by atoms with Crippen LogP contribution in [-0.4, -0.2) is 49.2 Å². The molecule has 0 aromatic rings. The van der Waals surface area contributed by atoms with Crippen molar-refractivity contribution in [1.82, 2.24) is 10.2 Å². The Morgan fingerprint density at radius 3 is 3.00 bits per heavy atom. The van der Waals surface area contributed by atoms with Crippen LogP contribution in [0, 0.1) is 5.92 Å². The van der Waals surface area contributed by atoms with Crippen LogP contribution in [0.25, 0.3) is 0 Å². The lowest BCUT2D eigenvalue weighted by molar-refractivity contribution is -0.135. The van der Waals surface area contributed by atoms with Gasteiger partial charge in [-0.2, -0.15) is 0 Å². The topological polar surface area (TPSA) is 52.6 Å². The first kappa shape index (κ1) is 9.48. The summed E-state index contributed by atoms with van der Waals surface area (Å²) in [6.45, 7) is 3.14. The molecule has 0 unspecified atom stereocenters. The Morgan fingerprint density at radius 2 is 2.50 bits per heavy atom. The van der Waals surface area contributed by atoms with E-state index in [1.54, 1.807) is 0 Å². The summed E-state index contributed by atoms with van der Waals surface area (Å²) in [6.07, 6.45) is 1.18. The second-order valence-electron chi connectivity index (χ2n) is 3.44. The Labute approximate surface area is 72.6 Å². The molecule has 0 aromatic carbocycles. The zero-order chi connectivity index (χ0) is 8.97. The van der Waals surface area contributed by atoms with Crippen molar-refractivity contribution in [1.29, 1.82) is 0 Å². The van der Waals surface area contributed by atoms with Crippen LogP contribution in [0.15, 0.2) is 0 Å². The van der Waals surface area contributed by atoms with Gasteiger partial charge in [0.1, 0.15) is 0 Å². The first-order valence-electron chi connectivity index (χ1n) is 4.29. The van der Waals surface area contributed by atoms with Gasteiger partial charge in [-0.05, 0) is 32.5 Å². The van der Waals surface area contributed by atoms with E-state index in [-0.39, 0.29) is 6.54 Å². The third kappa shape index (κ3) is 3.19. The fourth-order valence-corrected chi connectivity index (χ4v) is 1.58. The number of nitrogens with one attached hydrogen (secondary N) is 1. The number of carboxylic acid groups (broad SMARTS) is 1. The third-order valence-corrected chi connectivity index (χ3v) is 2.20. The molecule has 0 saturated carbocycles. The van der Waals surface area contributed by atoms with E-state index in [1.807, 2.05) is 0 Å². The molecule has 0 aliphatic carbocycles. The number of hydrogen-bond acceptors (Lipinski definition) is 3. The smallest absolute Gasteiger partial charge is 0.317 e. The zero-order valence-corrected chi connectivity index (χ0v) is 7.42. The molecule has 0 spiro atoms. The minimum Gasteiger partial charge on any atom is -0.480 e. The molecule has 4 nitrogen and oxygen atoms in total. The highest BCUT2D eigenvalue weighted by molar-refractivity contribution is 5.68. The number of carboxylic acids is 1. The van der Waals surface area contributed by atoms with Crippen LogP contribution >= 0.6 is 0 Å². The Morgan fingerprint density at radius 1 is 1.75 bits per heavy atom. The summed E-state index contributed by atoms with van der Waals surface area (Å²) in [7, 11) is 2.09. The Bertz CT molecular complexity index is 161. The molecule has 0 radical (unpaired) electrons. The summed E-state index contributed by atoms with van der Waals surface area (Å²) in [5.74, 6) is -0.143. The van der Waals surface area contributed by atoms with Crippen molar-refractivity contribution in [2.24, 2.45) is 5.92 Å². The van der Waals surface area contributed by atoms with E-state index in [0.717, 1.165) is 19.6 Å². The number of likely N-dealkylation sites (tertiary alicyclic amines) is 1. The molecule has 0 aromatic heterocycles. The van der Waals surface area contributed by atoms with Crippen LogP contribution in [0.3, 0.4) is 0 Å². The van der Waals surface area contributed by atoms with Gasteiger partial charge < -0.3 is 15.3 Å². The molecule has 4 heteroatoms. The summed E-state index contributed by atoms with van der Waals surface area (Å²) in [5, 5.41) is 11.3. The second kappa shape index (κ2) is 4.42. The molecule has 0 amide bonds. The molecular weight excluding hydrogens is 156 g/mol. The summed E-state index contributed by atoms with van der Waals surface area (Å²) < 4.78 is 0. The van der Waals surface area contributed by atoms with Crippen LogP contribution in [0.2, 0.25) is 0 Å². The molecule has 1 aliphatic heterocycles. The second-order valence-corrected chi connectivity index (χ2v) is 3.44. The molecule has 2 N–H and O–H groups in total. The average molecular weight is 172 g/mol. The van der Waals surface area contributed by atoms with Gasteiger partial charge in [-0.15, -0.1) is 0 Å². The largest absolute Gasteiger partial charge is 0.480 e. The maximum absolute atomic E-state index is 10.2. The number of carbonyl (C=O) groups is 1. The highest BCUT2D eigenvalue weighted by Gasteiger charge is 2.18. The number of nitrogens with zero attached hydrogens (tertiary/aromatic N) is 1. The van der Waals surface area contributed by atoms with Crippen molar-refractivity contribution in [3.05, 3.63) is 0 Å². The highest BCUT2D eigenvalue weighted by Crippen LogP contribution is 2.12. The molecule has 1 rings (SSSR count). The first-order valence-corrected chi connectivity index (χ1v) is 4.29. The number of rotatable bonds is 4. The highest BCUT2D eigenvalue weighted by atomic mass is 16.4. The van der Waals surface area contributed by atoms with Crippen LogP contribution in [-0.2, 0) is 4.79 Å². The Balaban J connectivity index is 2.04. The lowest BCUT2D eigenvalue weighted by atomic mass is 10.1. The standard InChI is InChI=1S/C8H16N2O2/c1-10-3-2-7(6-10)4-9-5-8(11)12/h7,9H,2-6H2,1H3,(H,11,12)/t7-/m0/s1. The first-order chi connectivity index (χ1) is 5.68. The lowest BCUT2D eigenvalue weighted by Crippen LogP contribution is -2.29. The molecule has 12 heavy (non-hydrogen) atoms. The van der Waals surface area contributed by atoms with Crippen molar-refractivity contribution in [3.63, 3.8) is 0 Å². The maximum atomic E-state index is 10.2. The minimum absolute atomic E-state index is 0.0835. The van der Waals surface area contributed by atoms with Crippen molar-refractivity contribution >= 4 is 5.97 Å². The van der Waals surface area contributed by atoms with Gasteiger partial charge >= 0.3 is 5.97 Å². The SMILES string of the molecule is CN1CC[C@@H](CNCC(=O)O)C1. The van der Waals surface area contributed by atoms with Gasteiger partial charge in [-0.1, -0.05) is 0 Å². The quantitative estimate of drug-likeness (QED) is 0.606. The summed E-state index contributed by atoms with van der Waals surface area (Å²) in [5.41, 5.74) is 0. The van der Waals surface area contributed by atoms with Crippen molar-refractivity contribution in [2.75, 3.05) is 33.2 Å². The number of hydrogen-bond donors (Lipinski definition) is 2. The van der Waals surface area contributed by atoms with Gasteiger partial charge in [0.25, 0.3) is 0 Å². The van der Waals surface area contributed by atoms with Crippen molar-refractivity contribution in [2.45, 2.75) is 6.42 Å². The molecule has 1 atom stereocenters.